The molecule has 0 bridgehead atoms. The molecule has 2 fully saturated rings. The summed E-state index contributed by atoms with van der Waals surface area (Å²) in [6.45, 7) is 8.02. The average molecular weight is 276 g/mol. The molecule has 2 saturated heterocycles. The number of carbonyl (C=O) groups excluding carboxylic acids is 1. The van der Waals surface area contributed by atoms with E-state index in [-0.39, 0.29) is 11.6 Å². The lowest BCUT2D eigenvalue weighted by Gasteiger charge is -2.50. The van der Waals surface area contributed by atoms with E-state index < -0.39 is 11.9 Å². The number of para-hydroxylation sites is 1. The van der Waals surface area contributed by atoms with E-state index in [2.05, 4.69) is 13.8 Å². The van der Waals surface area contributed by atoms with Crippen molar-refractivity contribution in [2.45, 2.75) is 51.6 Å². The first-order valence-electron chi connectivity index (χ1n) is 6.90. The zero-order valence-corrected chi connectivity index (χ0v) is 12.3. The Kier molecular flexibility index (Phi) is 2.81. The Labute approximate surface area is 119 Å². The molecule has 0 radical (unpaired) electrons. The molecule has 2 aliphatic heterocycles. The van der Waals surface area contributed by atoms with Crippen molar-refractivity contribution in [2.75, 3.05) is 4.90 Å². The molecule has 0 spiro atoms. The van der Waals surface area contributed by atoms with Gasteiger partial charge in [0.1, 0.15) is 0 Å². The minimum atomic E-state index is -0.917. The summed E-state index contributed by atoms with van der Waals surface area (Å²) in [4.78, 5) is 19.4. The molecule has 0 aromatic heterocycles. The maximum Gasteiger partial charge on any atom is 0.437 e. The van der Waals surface area contributed by atoms with Crippen LogP contribution in [0, 0.1) is 0 Å². The Balaban J connectivity index is 2.06. The number of rotatable bonds is 1. The zero-order chi connectivity index (χ0) is 14.5. The average Bonchev–Trinajstić information content (AvgIpc) is 2.61. The Morgan fingerprint density at radius 2 is 1.85 bits per heavy atom. The van der Waals surface area contributed by atoms with Crippen molar-refractivity contribution >= 4 is 11.8 Å². The number of ether oxygens (including phenoxy) is 1. The smallest absolute Gasteiger partial charge is 0.345 e. The summed E-state index contributed by atoms with van der Waals surface area (Å²) in [6, 6.07) is 9.47. The van der Waals surface area contributed by atoms with Crippen molar-refractivity contribution in [2.24, 2.45) is 0 Å². The molecule has 1 aromatic carbocycles. The van der Waals surface area contributed by atoms with Crippen LogP contribution in [-0.2, 0) is 9.57 Å². The number of hydrogen-bond donors (Lipinski definition) is 0. The van der Waals surface area contributed by atoms with Crippen LogP contribution < -0.4 is 4.90 Å². The van der Waals surface area contributed by atoms with E-state index in [4.69, 9.17) is 9.57 Å². The Morgan fingerprint density at radius 1 is 1.20 bits per heavy atom. The van der Waals surface area contributed by atoms with Crippen molar-refractivity contribution in [1.82, 2.24) is 5.06 Å². The number of nitrogens with zero attached hydrogens (tertiary/aromatic N) is 2. The van der Waals surface area contributed by atoms with Crippen LogP contribution in [0.1, 0.15) is 34.1 Å². The van der Waals surface area contributed by atoms with Gasteiger partial charge in [-0.05, 0) is 39.3 Å². The SMILES string of the molecule is C[C@@H]1CC(C)(C)N2OC(=O)N(c3ccccc3)[C@@]2(C)O1. The van der Waals surface area contributed by atoms with Crippen molar-refractivity contribution in [3.63, 3.8) is 0 Å². The molecular formula is C15H20N2O3. The number of anilines is 1. The standard InChI is InChI=1S/C15H20N2O3/c1-11-10-14(2,3)17-15(4,19-11)16(13(18)20-17)12-8-6-5-7-9-12/h5-9,11H,10H2,1-4H3/t11-,15-/m1/s1. The number of hydroxylamine groups is 2. The van der Waals surface area contributed by atoms with Gasteiger partial charge in [0.15, 0.2) is 0 Å². The van der Waals surface area contributed by atoms with Gasteiger partial charge in [0, 0.05) is 6.92 Å². The van der Waals surface area contributed by atoms with E-state index >= 15 is 0 Å². The Bertz CT molecular complexity index is 531. The predicted molar refractivity (Wildman–Crippen MR) is 74.9 cm³/mol. The molecule has 20 heavy (non-hydrogen) atoms. The molecule has 0 aliphatic carbocycles. The highest BCUT2D eigenvalue weighted by atomic mass is 16.8. The van der Waals surface area contributed by atoms with E-state index in [1.165, 1.54) is 0 Å². The van der Waals surface area contributed by atoms with Crippen LogP contribution >= 0.6 is 0 Å². The lowest BCUT2D eigenvalue weighted by atomic mass is 9.93. The highest BCUT2D eigenvalue weighted by Gasteiger charge is 2.61. The third-order valence-corrected chi connectivity index (χ3v) is 3.92. The molecule has 0 saturated carbocycles. The predicted octanol–water partition coefficient (Wildman–Crippen LogP) is 3.12. The van der Waals surface area contributed by atoms with Crippen molar-refractivity contribution < 1.29 is 14.4 Å². The summed E-state index contributed by atoms with van der Waals surface area (Å²) >= 11 is 0. The molecule has 108 valence electrons. The molecule has 2 atom stereocenters. The number of carbonyl (C=O) groups is 1. The van der Waals surface area contributed by atoms with Gasteiger partial charge in [-0.25, -0.2) is 9.69 Å². The number of hydrogen-bond acceptors (Lipinski definition) is 4. The molecule has 2 heterocycles. The molecule has 0 N–H and O–H groups in total. The van der Waals surface area contributed by atoms with Gasteiger partial charge in [-0.15, -0.1) is 0 Å². The second-order valence-corrected chi connectivity index (χ2v) is 6.20. The number of fused-ring (bicyclic) bond motifs is 1. The van der Waals surface area contributed by atoms with Crippen molar-refractivity contribution in [3.8, 4) is 0 Å². The normalized spacial score (nSPS) is 32.9. The highest BCUT2D eigenvalue weighted by molar-refractivity contribution is 5.90. The number of amides is 1. The monoisotopic (exact) mass is 276 g/mol. The molecular weight excluding hydrogens is 256 g/mol. The molecule has 2 aliphatic rings. The minimum absolute atomic E-state index is 0.0481. The van der Waals surface area contributed by atoms with Crippen LogP contribution in [-0.4, -0.2) is 28.6 Å². The molecule has 1 amide bonds. The first-order chi connectivity index (χ1) is 9.34. The maximum absolute atomic E-state index is 12.3. The van der Waals surface area contributed by atoms with Crippen LogP contribution in [0.15, 0.2) is 30.3 Å². The second kappa shape index (κ2) is 4.20. The quantitative estimate of drug-likeness (QED) is 0.790. The van der Waals surface area contributed by atoms with Crippen LogP contribution in [0.5, 0.6) is 0 Å². The first kappa shape index (κ1) is 13.4. The Hall–Kier alpha value is -1.59. The zero-order valence-electron chi connectivity index (χ0n) is 12.3. The van der Waals surface area contributed by atoms with Crippen LogP contribution in [0.4, 0.5) is 10.5 Å². The molecule has 3 rings (SSSR count). The van der Waals surface area contributed by atoms with Gasteiger partial charge in [-0.1, -0.05) is 23.3 Å². The highest BCUT2D eigenvalue weighted by Crippen LogP contribution is 2.45. The third-order valence-electron chi connectivity index (χ3n) is 3.92. The van der Waals surface area contributed by atoms with Gasteiger partial charge in [0.05, 0.1) is 17.3 Å². The fourth-order valence-electron chi connectivity index (χ4n) is 3.38. The van der Waals surface area contributed by atoms with E-state index in [1.807, 2.05) is 44.2 Å². The fourth-order valence-corrected chi connectivity index (χ4v) is 3.38. The third kappa shape index (κ3) is 1.81. The largest absolute Gasteiger partial charge is 0.437 e. The van der Waals surface area contributed by atoms with Crippen LogP contribution in [0.25, 0.3) is 0 Å². The van der Waals surface area contributed by atoms with Gasteiger partial charge < -0.3 is 9.57 Å². The van der Waals surface area contributed by atoms with Gasteiger partial charge in [-0.3, -0.25) is 0 Å². The summed E-state index contributed by atoms with van der Waals surface area (Å²) in [5.41, 5.74) is 0.499. The maximum atomic E-state index is 12.3. The summed E-state index contributed by atoms with van der Waals surface area (Å²) < 4.78 is 6.08. The van der Waals surface area contributed by atoms with Gasteiger partial charge in [0.25, 0.3) is 0 Å². The van der Waals surface area contributed by atoms with Gasteiger partial charge in [-0.2, -0.15) is 0 Å². The van der Waals surface area contributed by atoms with E-state index in [0.29, 0.717) is 0 Å². The topological polar surface area (TPSA) is 42.0 Å². The van der Waals surface area contributed by atoms with Crippen molar-refractivity contribution in [3.05, 3.63) is 30.3 Å². The molecule has 5 heteroatoms. The fraction of sp³-hybridized carbons (Fsp3) is 0.533. The Morgan fingerprint density at radius 3 is 2.50 bits per heavy atom. The summed E-state index contributed by atoms with van der Waals surface area (Å²) in [7, 11) is 0. The van der Waals surface area contributed by atoms with Crippen LogP contribution in [0.2, 0.25) is 0 Å². The lowest BCUT2D eigenvalue weighted by Crippen LogP contribution is -2.65. The summed E-state index contributed by atoms with van der Waals surface area (Å²) in [5.74, 6) is -0.917. The second-order valence-electron chi connectivity index (χ2n) is 6.20. The molecule has 1 aromatic rings. The van der Waals surface area contributed by atoms with E-state index in [1.54, 1.807) is 9.96 Å². The molecule has 0 unspecified atom stereocenters. The van der Waals surface area contributed by atoms with Gasteiger partial charge >= 0.3 is 6.09 Å². The summed E-state index contributed by atoms with van der Waals surface area (Å²) in [6.07, 6.45) is 0.450. The van der Waals surface area contributed by atoms with E-state index in [0.717, 1.165) is 12.1 Å². The summed E-state index contributed by atoms with van der Waals surface area (Å²) in [5, 5.41) is 1.68. The van der Waals surface area contributed by atoms with Crippen LogP contribution in [0.3, 0.4) is 0 Å². The van der Waals surface area contributed by atoms with Crippen molar-refractivity contribution in [1.29, 1.82) is 0 Å². The molecule has 5 nitrogen and oxygen atoms in total. The number of benzene rings is 1. The lowest BCUT2D eigenvalue weighted by molar-refractivity contribution is -0.323. The van der Waals surface area contributed by atoms with E-state index in [9.17, 15) is 4.79 Å². The van der Waals surface area contributed by atoms with Gasteiger partial charge in [0.2, 0.25) is 5.85 Å². The minimum Gasteiger partial charge on any atom is -0.345 e. The first-order valence-corrected chi connectivity index (χ1v) is 6.90.